The Hall–Kier alpha value is -2.08. The van der Waals surface area contributed by atoms with Gasteiger partial charge in [0.2, 0.25) is 0 Å². The smallest absolute Gasteiger partial charge is 0.261 e. The van der Waals surface area contributed by atoms with Crippen LogP contribution >= 0.6 is 34.5 Å². The topological polar surface area (TPSA) is 51.2 Å². The highest BCUT2D eigenvalue weighted by molar-refractivity contribution is 7.15. The Kier molecular flexibility index (Phi) is 6.72. The second-order valence-corrected chi connectivity index (χ2v) is 7.72. The summed E-state index contributed by atoms with van der Waals surface area (Å²) in [6, 6.07) is 12.7. The minimum atomic E-state index is -0.247. The predicted molar refractivity (Wildman–Crippen MR) is 112 cm³/mol. The van der Waals surface area contributed by atoms with Gasteiger partial charge in [-0.1, -0.05) is 54.4 Å². The second kappa shape index (κ2) is 9.22. The van der Waals surface area contributed by atoms with Gasteiger partial charge in [-0.3, -0.25) is 10.1 Å². The Labute approximate surface area is 172 Å². The number of benzene rings is 2. The molecule has 0 atom stereocenters. The molecule has 0 unspecified atom stereocenters. The number of carbonyl (C=O) groups excluding carboxylic acids is 1. The number of thiazole rings is 1. The highest BCUT2D eigenvalue weighted by Crippen LogP contribution is 2.30. The van der Waals surface area contributed by atoms with Gasteiger partial charge in [-0.05, 0) is 30.2 Å². The van der Waals surface area contributed by atoms with Crippen molar-refractivity contribution < 1.29 is 9.53 Å². The van der Waals surface area contributed by atoms with E-state index in [1.165, 1.54) is 11.3 Å². The van der Waals surface area contributed by atoms with E-state index in [1.807, 2.05) is 31.2 Å². The lowest BCUT2D eigenvalue weighted by Gasteiger charge is -2.09. The molecular formula is C20H18Cl2N2O2S. The van der Waals surface area contributed by atoms with Crippen LogP contribution in [0.4, 0.5) is 5.13 Å². The summed E-state index contributed by atoms with van der Waals surface area (Å²) in [5, 5.41) is 4.43. The van der Waals surface area contributed by atoms with Gasteiger partial charge in [-0.25, -0.2) is 4.98 Å². The maximum absolute atomic E-state index is 12.6. The number of hydrogen-bond acceptors (Lipinski definition) is 4. The van der Waals surface area contributed by atoms with Crippen LogP contribution in [0.1, 0.15) is 34.1 Å². The van der Waals surface area contributed by atoms with Gasteiger partial charge in [0.1, 0.15) is 5.75 Å². The van der Waals surface area contributed by atoms with Crippen molar-refractivity contribution in [3.05, 3.63) is 74.7 Å². The van der Waals surface area contributed by atoms with Gasteiger partial charge in [0.15, 0.2) is 5.13 Å². The van der Waals surface area contributed by atoms with E-state index >= 15 is 0 Å². The molecular weight excluding hydrogens is 403 g/mol. The number of amides is 1. The number of halogens is 2. The molecule has 0 radical (unpaired) electrons. The molecule has 7 heteroatoms. The van der Waals surface area contributed by atoms with Crippen molar-refractivity contribution in [2.75, 3.05) is 11.9 Å². The molecule has 1 N–H and O–H groups in total. The molecule has 3 rings (SSSR count). The lowest BCUT2D eigenvalue weighted by atomic mass is 10.1. The van der Waals surface area contributed by atoms with Crippen molar-refractivity contribution in [1.82, 2.24) is 4.98 Å². The minimum Gasteiger partial charge on any atom is -0.493 e. The Morgan fingerprint density at radius 2 is 2.00 bits per heavy atom. The van der Waals surface area contributed by atoms with Crippen molar-refractivity contribution in [3.63, 3.8) is 0 Å². The van der Waals surface area contributed by atoms with Crippen molar-refractivity contribution in [1.29, 1.82) is 0 Å². The van der Waals surface area contributed by atoms with Crippen LogP contribution in [-0.2, 0) is 6.42 Å². The molecule has 0 aliphatic rings. The molecule has 1 heterocycles. The zero-order chi connectivity index (χ0) is 19.2. The Morgan fingerprint density at radius 1 is 1.19 bits per heavy atom. The van der Waals surface area contributed by atoms with E-state index in [9.17, 15) is 4.79 Å². The molecule has 0 spiro atoms. The number of rotatable bonds is 7. The first-order chi connectivity index (χ1) is 13.1. The minimum absolute atomic E-state index is 0.247. The van der Waals surface area contributed by atoms with Crippen LogP contribution in [-0.4, -0.2) is 17.5 Å². The molecule has 0 aliphatic carbocycles. The van der Waals surface area contributed by atoms with E-state index in [1.54, 1.807) is 24.4 Å². The summed E-state index contributed by atoms with van der Waals surface area (Å²) in [6.07, 6.45) is 3.21. The van der Waals surface area contributed by atoms with E-state index in [2.05, 4.69) is 10.3 Å². The second-order valence-electron chi connectivity index (χ2n) is 5.82. The van der Waals surface area contributed by atoms with Crippen LogP contribution < -0.4 is 10.1 Å². The first-order valence-corrected chi connectivity index (χ1v) is 10.1. The number of carbonyl (C=O) groups is 1. The van der Waals surface area contributed by atoms with Crippen LogP contribution in [0.25, 0.3) is 0 Å². The van der Waals surface area contributed by atoms with E-state index < -0.39 is 0 Å². The van der Waals surface area contributed by atoms with Crippen LogP contribution in [0.5, 0.6) is 5.75 Å². The first kappa shape index (κ1) is 19.7. The number of ether oxygens (including phenoxy) is 1. The summed E-state index contributed by atoms with van der Waals surface area (Å²) < 4.78 is 5.65. The molecule has 0 saturated carbocycles. The molecule has 0 saturated heterocycles. The standard InChI is InChI=1S/C20H18Cl2N2O2S/c1-2-10-26-17-9-4-3-7-15(17)19(25)24-20-23-12-14(27-20)11-13-6-5-8-16(21)18(13)22/h3-9,12H,2,10-11H2,1H3,(H,23,24,25). The summed E-state index contributed by atoms with van der Waals surface area (Å²) in [5.41, 5.74) is 1.41. The average Bonchev–Trinajstić information content (AvgIpc) is 3.11. The summed E-state index contributed by atoms with van der Waals surface area (Å²) in [7, 11) is 0. The molecule has 0 fully saturated rings. The SMILES string of the molecule is CCCOc1ccccc1C(=O)Nc1ncc(Cc2cccc(Cl)c2Cl)s1. The van der Waals surface area contributed by atoms with Gasteiger partial charge in [0.05, 0.1) is 22.2 Å². The summed E-state index contributed by atoms with van der Waals surface area (Å²) in [4.78, 5) is 17.9. The van der Waals surface area contributed by atoms with E-state index in [-0.39, 0.29) is 5.91 Å². The fourth-order valence-electron chi connectivity index (χ4n) is 2.48. The highest BCUT2D eigenvalue weighted by Gasteiger charge is 2.14. The third-order valence-corrected chi connectivity index (χ3v) is 5.53. The maximum atomic E-state index is 12.6. The number of para-hydroxylation sites is 1. The van der Waals surface area contributed by atoms with E-state index in [0.29, 0.717) is 39.5 Å². The molecule has 1 amide bonds. The number of nitrogens with one attached hydrogen (secondary N) is 1. The normalized spacial score (nSPS) is 10.6. The summed E-state index contributed by atoms with van der Waals surface area (Å²) in [5.74, 6) is 0.322. The maximum Gasteiger partial charge on any atom is 0.261 e. The average molecular weight is 421 g/mol. The van der Waals surface area contributed by atoms with Crippen LogP contribution in [0.2, 0.25) is 10.0 Å². The zero-order valence-electron chi connectivity index (χ0n) is 14.7. The first-order valence-electron chi connectivity index (χ1n) is 8.49. The zero-order valence-corrected chi connectivity index (χ0v) is 17.0. The fourth-order valence-corrected chi connectivity index (χ4v) is 3.69. The monoisotopic (exact) mass is 420 g/mol. The van der Waals surface area contributed by atoms with Crippen molar-refractivity contribution in [3.8, 4) is 5.75 Å². The number of aromatic nitrogens is 1. The number of anilines is 1. The fraction of sp³-hybridized carbons (Fsp3) is 0.200. The lowest BCUT2D eigenvalue weighted by Crippen LogP contribution is -2.13. The van der Waals surface area contributed by atoms with Gasteiger partial charge < -0.3 is 4.74 Å². The third-order valence-electron chi connectivity index (χ3n) is 3.76. The van der Waals surface area contributed by atoms with Gasteiger partial charge in [0, 0.05) is 17.5 Å². The molecule has 0 aliphatic heterocycles. The van der Waals surface area contributed by atoms with E-state index in [0.717, 1.165) is 16.9 Å². The van der Waals surface area contributed by atoms with Crippen LogP contribution in [0.15, 0.2) is 48.7 Å². The summed E-state index contributed by atoms with van der Waals surface area (Å²) in [6.45, 7) is 2.58. The number of hydrogen-bond donors (Lipinski definition) is 1. The highest BCUT2D eigenvalue weighted by atomic mass is 35.5. The molecule has 2 aromatic carbocycles. The Balaban J connectivity index is 1.71. The molecule has 140 valence electrons. The van der Waals surface area contributed by atoms with Crippen LogP contribution in [0, 0.1) is 0 Å². The van der Waals surface area contributed by atoms with Gasteiger partial charge in [-0.15, -0.1) is 11.3 Å². The molecule has 27 heavy (non-hydrogen) atoms. The quantitative estimate of drug-likeness (QED) is 0.503. The van der Waals surface area contributed by atoms with Gasteiger partial charge in [0.25, 0.3) is 5.91 Å². The summed E-state index contributed by atoms with van der Waals surface area (Å²) >= 11 is 13.7. The predicted octanol–water partition coefficient (Wildman–Crippen LogP) is 6.08. The van der Waals surface area contributed by atoms with Crippen LogP contribution in [0.3, 0.4) is 0 Å². The molecule has 1 aromatic heterocycles. The molecule has 3 aromatic rings. The van der Waals surface area contributed by atoms with Crippen molar-refractivity contribution in [2.45, 2.75) is 19.8 Å². The lowest BCUT2D eigenvalue weighted by molar-refractivity contribution is 0.102. The number of nitrogens with zero attached hydrogens (tertiary/aromatic N) is 1. The molecule has 0 bridgehead atoms. The van der Waals surface area contributed by atoms with Gasteiger partial charge >= 0.3 is 0 Å². The third kappa shape index (κ3) is 5.01. The van der Waals surface area contributed by atoms with E-state index in [4.69, 9.17) is 27.9 Å². The Bertz CT molecular complexity index is 943. The van der Waals surface area contributed by atoms with Gasteiger partial charge in [-0.2, -0.15) is 0 Å². The van der Waals surface area contributed by atoms with Crippen molar-refractivity contribution >= 4 is 45.6 Å². The molecule has 4 nitrogen and oxygen atoms in total. The largest absolute Gasteiger partial charge is 0.493 e. The van der Waals surface area contributed by atoms with Crippen molar-refractivity contribution in [2.24, 2.45) is 0 Å². The Morgan fingerprint density at radius 3 is 2.81 bits per heavy atom.